The lowest BCUT2D eigenvalue weighted by Gasteiger charge is -2.57. The summed E-state index contributed by atoms with van der Waals surface area (Å²) in [5, 5.41) is 0. The topological polar surface area (TPSA) is 70.2 Å². The van der Waals surface area contributed by atoms with Crippen LogP contribution in [0.5, 0.6) is 5.75 Å². The molecule has 0 aromatic heterocycles. The van der Waals surface area contributed by atoms with E-state index in [-0.39, 0.29) is 23.8 Å². The number of rotatable bonds is 4. The van der Waals surface area contributed by atoms with Gasteiger partial charge < -0.3 is 19.4 Å². The van der Waals surface area contributed by atoms with E-state index in [4.69, 9.17) is 4.74 Å². The van der Waals surface area contributed by atoms with Crippen LogP contribution in [-0.4, -0.2) is 77.3 Å². The van der Waals surface area contributed by atoms with Gasteiger partial charge in [-0.3, -0.25) is 14.4 Å². The summed E-state index contributed by atoms with van der Waals surface area (Å²) in [5.41, 5.74) is 1.42. The summed E-state index contributed by atoms with van der Waals surface area (Å²) >= 11 is 0. The van der Waals surface area contributed by atoms with Crippen LogP contribution in [0, 0.1) is 0 Å². The lowest BCUT2D eigenvalue weighted by molar-refractivity contribution is -0.142. The Bertz CT molecular complexity index is 1130. The number of likely N-dealkylation sites (tertiary alicyclic amines) is 2. The van der Waals surface area contributed by atoms with Crippen molar-refractivity contribution in [1.29, 1.82) is 0 Å². The second-order valence-electron chi connectivity index (χ2n) is 10.1. The lowest BCUT2D eigenvalue weighted by Crippen LogP contribution is -2.68. The van der Waals surface area contributed by atoms with Gasteiger partial charge in [-0.1, -0.05) is 18.2 Å². The zero-order valence-electron chi connectivity index (χ0n) is 20.7. The van der Waals surface area contributed by atoms with E-state index in [1.165, 1.54) is 0 Å². The van der Waals surface area contributed by atoms with Crippen molar-refractivity contribution in [3.63, 3.8) is 0 Å². The molecule has 5 rings (SSSR count). The molecule has 35 heavy (non-hydrogen) atoms. The van der Waals surface area contributed by atoms with E-state index in [9.17, 15) is 14.4 Å². The molecule has 1 spiro atoms. The highest BCUT2D eigenvalue weighted by atomic mass is 16.5. The highest BCUT2D eigenvalue weighted by Gasteiger charge is 2.57. The summed E-state index contributed by atoms with van der Waals surface area (Å²) in [6.45, 7) is 6.57. The molecule has 2 fully saturated rings. The van der Waals surface area contributed by atoms with Crippen LogP contribution >= 0.6 is 0 Å². The van der Waals surface area contributed by atoms with Crippen LogP contribution in [0.3, 0.4) is 0 Å². The minimum absolute atomic E-state index is 0.0156. The smallest absolute Gasteiger partial charge is 0.254 e. The van der Waals surface area contributed by atoms with Gasteiger partial charge in [0.25, 0.3) is 11.8 Å². The van der Waals surface area contributed by atoms with E-state index in [1.54, 1.807) is 31.4 Å². The second-order valence-corrected chi connectivity index (χ2v) is 10.1. The van der Waals surface area contributed by atoms with Crippen LogP contribution in [0.15, 0.2) is 48.5 Å². The molecular weight excluding hydrogens is 442 g/mol. The minimum atomic E-state index is -0.650. The Morgan fingerprint density at radius 1 is 0.943 bits per heavy atom. The molecule has 1 unspecified atom stereocenters. The first kappa shape index (κ1) is 23.4. The SMILES string of the molecule is COc1ccc(C(=O)N2CCC3(CC2)C(C(=O)N2CCC2)c2ccccc2C(=O)N3C(C)C)cc1. The van der Waals surface area contributed by atoms with Gasteiger partial charge in [0.15, 0.2) is 0 Å². The number of carbonyl (C=O) groups is 3. The van der Waals surface area contributed by atoms with Gasteiger partial charge in [0.05, 0.1) is 18.6 Å². The minimum Gasteiger partial charge on any atom is -0.497 e. The maximum Gasteiger partial charge on any atom is 0.254 e. The Morgan fingerprint density at radius 2 is 1.60 bits per heavy atom. The molecular formula is C28H33N3O4. The monoisotopic (exact) mass is 475 g/mol. The van der Waals surface area contributed by atoms with Crippen molar-refractivity contribution in [2.45, 2.75) is 50.6 Å². The maximum atomic E-state index is 13.9. The molecule has 0 saturated carbocycles. The molecule has 3 heterocycles. The molecule has 7 heteroatoms. The Hall–Kier alpha value is -3.35. The molecule has 184 valence electrons. The molecule has 7 nitrogen and oxygen atoms in total. The average molecular weight is 476 g/mol. The van der Waals surface area contributed by atoms with Crippen molar-refractivity contribution in [2.24, 2.45) is 0 Å². The van der Waals surface area contributed by atoms with E-state index in [2.05, 4.69) is 0 Å². The molecule has 0 N–H and O–H groups in total. The Morgan fingerprint density at radius 3 is 2.17 bits per heavy atom. The van der Waals surface area contributed by atoms with Crippen LogP contribution in [0.1, 0.15) is 65.3 Å². The van der Waals surface area contributed by atoms with Gasteiger partial charge in [-0.15, -0.1) is 0 Å². The number of carbonyl (C=O) groups excluding carboxylic acids is 3. The first-order valence-electron chi connectivity index (χ1n) is 12.5. The molecule has 2 saturated heterocycles. The van der Waals surface area contributed by atoms with Gasteiger partial charge >= 0.3 is 0 Å². The van der Waals surface area contributed by atoms with Crippen LogP contribution in [0.2, 0.25) is 0 Å². The molecule has 3 aliphatic heterocycles. The molecule has 2 aromatic carbocycles. The molecule has 2 aromatic rings. The van der Waals surface area contributed by atoms with Gasteiger partial charge in [-0.2, -0.15) is 0 Å². The zero-order valence-corrected chi connectivity index (χ0v) is 20.7. The molecule has 0 aliphatic carbocycles. The fraction of sp³-hybridized carbons (Fsp3) is 0.464. The van der Waals surface area contributed by atoms with Gasteiger partial charge in [0.1, 0.15) is 5.75 Å². The molecule has 3 amide bonds. The largest absolute Gasteiger partial charge is 0.497 e. The second kappa shape index (κ2) is 9.02. The number of amides is 3. The molecule has 1 atom stereocenters. The van der Waals surface area contributed by atoms with Crippen molar-refractivity contribution in [3.05, 3.63) is 65.2 Å². The van der Waals surface area contributed by atoms with E-state index in [0.29, 0.717) is 42.8 Å². The van der Waals surface area contributed by atoms with Crippen LogP contribution < -0.4 is 4.74 Å². The fourth-order valence-corrected chi connectivity index (χ4v) is 6.08. The van der Waals surface area contributed by atoms with Crippen molar-refractivity contribution < 1.29 is 19.1 Å². The highest BCUT2D eigenvalue weighted by Crippen LogP contribution is 2.49. The zero-order chi connectivity index (χ0) is 24.7. The number of fused-ring (bicyclic) bond motifs is 1. The van der Waals surface area contributed by atoms with E-state index in [0.717, 1.165) is 25.1 Å². The van der Waals surface area contributed by atoms with E-state index < -0.39 is 11.5 Å². The molecule has 0 bridgehead atoms. The fourth-order valence-electron chi connectivity index (χ4n) is 6.08. The summed E-state index contributed by atoms with van der Waals surface area (Å²) in [6.07, 6.45) is 2.15. The Balaban J connectivity index is 1.49. The third kappa shape index (κ3) is 3.77. The first-order valence-corrected chi connectivity index (χ1v) is 12.5. The predicted octanol–water partition coefficient (Wildman–Crippen LogP) is 3.55. The molecule has 0 radical (unpaired) electrons. The molecule has 3 aliphatic rings. The highest BCUT2D eigenvalue weighted by molar-refractivity contribution is 6.02. The maximum absolute atomic E-state index is 13.9. The summed E-state index contributed by atoms with van der Waals surface area (Å²) in [6, 6.07) is 14.7. The summed E-state index contributed by atoms with van der Waals surface area (Å²) in [4.78, 5) is 46.6. The van der Waals surface area contributed by atoms with Crippen molar-refractivity contribution in [1.82, 2.24) is 14.7 Å². The summed E-state index contributed by atoms with van der Waals surface area (Å²) in [5.74, 6) is 0.345. The van der Waals surface area contributed by atoms with Crippen molar-refractivity contribution in [2.75, 3.05) is 33.3 Å². The third-order valence-electron chi connectivity index (χ3n) is 7.92. The van der Waals surface area contributed by atoms with Gasteiger partial charge in [0.2, 0.25) is 5.91 Å². The number of hydrogen-bond donors (Lipinski definition) is 0. The van der Waals surface area contributed by atoms with Gasteiger partial charge in [-0.05, 0) is 69.0 Å². The standard InChI is InChI=1S/C28H33N3O4/c1-19(2)31-26(33)23-8-5-4-7-22(23)24(27(34)29-15-6-16-29)28(31)13-17-30(18-14-28)25(32)20-9-11-21(35-3)12-10-20/h4-5,7-12,19,24H,6,13-18H2,1-3H3. The van der Waals surface area contributed by atoms with Crippen molar-refractivity contribution >= 4 is 17.7 Å². The normalized spacial score (nSPS) is 21.1. The van der Waals surface area contributed by atoms with E-state index in [1.807, 2.05) is 52.8 Å². The Labute approximate surface area is 206 Å². The number of benzene rings is 2. The average Bonchev–Trinajstić information content (AvgIpc) is 2.83. The van der Waals surface area contributed by atoms with Gasteiger partial charge in [-0.25, -0.2) is 0 Å². The number of piperidine rings is 1. The van der Waals surface area contributed by atoms with Crippen LogP contribution in [0.25, 0.3) is 0 Å². The third-order valence-corrected chi connectivity index (χ3v) is 7.92. The number of nitrogens with zero attached hydrogens (tertiary/aromatic N) is 3. The first-order chi connectivity index (χ1) is 16.9. The Kier molecular flexibility index (Phi) is 6.03. The van der Waals surface area contributed by atoms with Crippen molar-refractivity contribution in [3.8, 4) is 5.75 Å². The number of hydrogen-bond acceptors (Lipinski definition) is 4. The van der Waals surface area contributed by atoms with E-state index >= 15 is 0 Å². The number of methoxy groups -OCH3 is 1. The quantitative estimate of drug-likeness (QED) is 0.678. The lowest BCUT2D eigenvalue weighted by atomic mass is 9.66. The van der Waals surface area contributed by atoms with Crippen LogP contribution in [-0.2, 0) is 4.79 Å². The predicted molar refractivity (Wildman–Crippen MR) is 133 cm³/mol. The van der Waals surface area contributed by atoms with Crippen LogP contribution in [0.4, 0.5) is 0 Å². The summed E-state index contributed by atoms with van der Waals surface area (Å²) in [7, 11) is 1.60. The van der Waals surface area contributed by atoms with Gasteiger partial charge in [0, 0.05) is 43.3 Å². The summed E-state index contributed by atoms with van der Waals surface area (Å²) < 4.78 is 5.21. The number of ether oxygens (including phenoxy) is 1.